The Balaban J connectivity index is 1.02. The van der Waals surface area contributed by atoms with Crippen molar-refractivity contribution in [2.45, 2.75) is 112 Å². The van der Waals surface area contributed by atoms with Gasteiger partial charge in [-0.15, -0.1) is 0 Å². The van der Waals surface area contributed by atoms with Crippen LogP contribution in [-0.2, 0) is 18.9 Å². The molecule has 4 atom stereocenters. The van der Waals surface area contributed by atoms with Gasteiger partial charge in [0.05, 0.1) is 26.2 Å². The van der Waals surface area contributed by atoms with Crippen molar-refractivity contribution in [1.29, 1.82) is 0 Å². The molecule has 0 radical (unpaired) electrons. The molecule has 4 aromatic heterocycles. The number of rotatable bonds is 17. The van der Waals surface area contributed by atoms with E-state index in [0.29, 0.717) is 26.4 Å². The minimum atomic E-state index is -2.59. The van der Waals surface area contributed by atoms with E-state index in [4.69, 9.17) is 38.9 Å². The predicted octanol–water partition coefficient (Wildman–Crippen LogP) is 16.9. The Morgan fingerprint density at radius 2 is 0.662 bits per heavy atom. The van der Waals surface area contributed by atoms with Gasteiger partial charge in [-0.05, 0) is 37.0 Å². The van der Waals surface area contributed by atoms with Crippen molar-refractivity contribution in [3.05, 3.63) is 144 Å². The quantitative estimate of drug-likeness (QED) is 0.0850. The molecule has 0 fully saturated rings. The molecule has 4 aromatic carbocycles. The predicted molar refractivity (Wildman–Crippen MR) is 348 cm³/mol. The van der Waals surface area contributed by atoms with Gasteiger partial charge in [-0.2, -0.15) is 0 Å². The average molecular weight is 1260 g/mol. The Morgan fingerprint density at radius 3 is 0.963 bits per heavy atom. The molecular weight excluding hydrogens is 1190 g/mol. The first-order valence-electron chi connectivity index (χ1n) is 28.5. The van der Waals surface area contributed by atoms with E-state index in [9.17, 15) is 0 Å². The summed E-state index contributed by atoms with van der Waals surface area (Å²) in [5, 5.41) is 0. The van der Waals surface area contributed by atoms with E-state index in [2.05, 4.69) is 183 Å². The summed E-state index contributed by atoms with van der Waals surface area (Å²) >= 11 is 5.25. The molecule has 80 heavy (non-hydrogen) atoms. The Bertz CT molecular complexity index is 3700. The van der Waals surface area contributed by atoms with Crippen LogP contribution in [0, 0.1) is 0 Å². The van der Waals surface area contributed by atoms with Gasteiger partial charge in [-0.25, -0.2) is 9.98 Å². The first-order valence-corrected chi connectivity index (χ1v) is 45.2. The number of hydrogen-bond donors (Lipinski definition) is 0. The second-order valence-electron chi connectivity index (χ2n) is 23.5. The first kappa shape index (κ1) is 55.1. The van der Waals surface area contributed by atoms with Gasteiger partial charge in [0.15, 0.2) is 0 Å². The summed E-state index contributed by atoms with van der Waals surface area (Å²) in [7, 11) is -1.85. The third-order valence-corrected chi connectivity index (χ3v) is 33.6. The van der Waals surface area contributed by atoms with Crippen LogP contribution >= 0.6 is 45.3 Å². The Morgan fingerprint density at radius 1 is 0.388 bits per heavy atom. The zero-order valence-electron chi connectivity index (χ0n) is 47.6. The zero-order chi connectivity index (χ0) is 55.5. The molecule has 8 nitrogen and oxygen atoms in total. The second kappa shape index (κ2) is 22.7. The molecular formula is C66H70N4O4S4SiSn. The van der Waals surface area contributed by atoms with Crippen molar-refractivity contribution in [3.63, 3.8) is 0 Å². The molecule has 14 heteroatoms. The molecule has 0 N–H and O–H groups in total. The summed E-state index contributed by atoms with van der Waals surface area (Å²) in [6.07, 6.45) is 3.88. The SMILES string of the molecule is CC[C@@H]1COC(c2ccc(-c3cc(-c4s[c]([Sn]([CH3])([CH3])[CH3])cc4-c4ccc(C5=N[C@H](CC)CO5)cc4)sc3-c3cc(-c4ccc(C5=N[C@H](CC)CO5)cc4)c(-c4cc(-c5ccc(C6=N[C@H](CC)CO6)cc5)c([Si](C)(C)C)s4)s3)cc2)=N1. The van der Waals surface area contributed by atoms with Crippen molar-refractivity contribution in [2.75, 3.05) is 26.4 Å². The summed E-state index contributed by atoms with van der Waals surface area (Å²) in [5.74, 6) is 2.99. The van der Waals surface area contributed by atoms with Gasteiger partial charge in [0.25, 0.3) is 0 Å². The molecule has 410 valence electrons. The maximum atomic E-state index is 6.14. The molecule has 8 aromatic rings. The number of ether oxygens (including phenoxy) is 4. The minimum absolute atomic E-state index is 0.201. The number of hydrogen-bond acceptors (Lipinski definition) is 12. The maximum absolute atomic E-state index is 6.14. The van der Waals surface area contributed by atoms with Crippen LogP contribution in [0.1, 0.15) is 75.6 Å². The van der Waals surface area contributed by atoms with E-state index >= 15 is 0 Å². The molecule has 4 aliphatic heterocycles. The molecule has 0 aliphatic carbocycles. The van der Waals surface area contributed by atoms with Crippen molar-refractivity contribution in [1.82, 2.24) is 0 Å². The summed E-state index contributed by atoms with van der Waals surface area (Å²) in [4.78, 5) is 34.9. The van der Waals surface area contributed by atoms with Crippen LogP contribution in [-0.4, -0.2) is 101 Å². The van der Waals surface area contributed by atoms with E-state index < -0.39 is 26.5 Å². The van der Waals surface area contributed by atoms with Gasteiger partial charge in [0.1, 0.15) is 19.8 Å². The number of nitrogens with zero attached hydrogens (tertiary/aromatic N) is 4. The Kier molecular flexibility index (Phi) is 15.7. The first-order chi connectivity index (χ1) is 38.6. The Hall–Kier alpha value is -5.42. The van der Waals surface area contributed by atoms with Crippen molar-refractivity contribution in [3.8, 4) is 73.8 Å². The van der Waals surface area contributed by atoms with Gasteiger partial charge < -0.3 is 9.47 Å². The van der Waals surface area contributed by atoms with Gasteiger partial charge in [-0.3, -0.25) is 0 Å². The van der Waals surface area contributed by atoms with Gasteiger partial charge in [0.2, 0.25) is 11.8 Å². The average Bonchev–Trinajstić information content (AvgIpc) is 4.40. The third kappa shape index (κ3) is 11.2. The molecule has 4 aliphatic rings. The molecule has 8 heterocycles. The fourth-order valence-electron chi connectivity index (χ4n) is 10.5. The summed E-state index contributed by atoms with van der Waals surface area (Å²) < 4.78 is 27.5. The van der Waals surface area contributed by atoms with E-state index in [1.165, 1.54) is 78.3 Å². The van der Waals surface area contributed by atoms with E-state index in [1.54, 1.807) is 2.89 Å². The van der Waals surface area contributed by atoms with Crippen molar-refractivity contribution >= 4 is 103 Å². The normalized spacial score (nSPS) is 19.1. The zero-order valence-corrected chi connectivity index (χ0v) is 54.7. The summed E-state index contributed by atoms with van der Waals surface area (Å²) in [6.45, 7) is 18.7. The third-order valence-electron chi connectivity index (χ3n) is 15.5. The number of aliphatic imine (C=N–C) groups is 4. The standard InChI is InChI=1S/C63H61N4O4S4Si.3CH3.Sn/c1-8-45-33-68-59(64-45)41-20-12-37(13-21-41)49-28-29-72-56(49)53-30-50(38-14-22-42(23-15-38)60-65-46(9-2)34-69-60)57(73-53)54-31-51(39-16-24-43(25-17-39)61-66-47(10-3)35-70-61)58(74-54)55-32-52(63(75-55)76(5,6)7)40-18-26-44(27-19-40)62-67-48(11-4)36-71-62;;;;/h12-28,30-32,45-48H,8-11,33-36H2,1-7H3;3*1H3;/t45-,46-,47-,48-;;;;/m1..../s1. The molecule has 0 unspecified atom stereocenters. The summed E-state index contributed by atoms with van der Waals surface area (Å²) in [6, 6.07) is 46.5. The number of benzene rings is 4. The molecule has 0 bridgehead atoms. The van der Waals surface area contributed by atoms with E-state index in [-0.39, 0.29) is 24.2 Å². The molecule has 12 rings (SSSR count). The monoisotopic (exact) mass is 1260 g/mol. The van der Waals surface area contributed by atoms with Crippen LogP contribution in [0.25, 0.3) is 73.8 Å². The molecule has 0 saturated carbocycles. The fourth-order valence-corrected chi connectivity index (χ4v) is 23.1. The summed E-state index contributed by atoms with van der Waals surface area (Å²) in [5.41, 5.74) is 13.9. The van der Waals surface area contributed by atoms with Crippen molar-refractivity contribution in [2.24, 2.45) is 20.0 Å². The van der Waals surface area contributed by atoms with E-state index in [0.717, 1.165) is 71.5 Å². The van der Waals surface area contributed by atoms with Crippen LogP contribution in [0.2, 0.25) is 34.5 Å². The topological polar surface area (TPSA) is 86.4 Å². The van der Waals surface area contributed by atoms with Crippen LogP contribution in [0.15, 0.2) is 141 Å². The van der Waals surface area contributed by atoms with Crippen LogP contribution in [0.4, 0.5) is 0 Å². The van der Waals surface area contributed by atoms with Crippen LogP contribution < -0.4 is 7.39 Å². The van der Waals surface area contributed by atoms with Crippen LogP contribution in [0.3, 0.4) is 0 Å². The molecule has 0 spiro atoms. The van der Waals surface area contributed by atoms with E-state index in [1.807, 2.05) is 45.3 Å². The second-order valence-corrected chi connectivity index (χ2v) is 48.4. The molecule has 0 saturated heterocycles. The van der Waals surface area contributed by atoms with Gasteiger partial charge >= 0.3 is 320 Å². The van der Waals surface area contributed by atoms with Gasteiger partial charge in [0, 0.05) is 11.1 Å². The fraction of sp³-hybridized carbons (Fsp3) is 0.333. The number of thiophene rings is 4. The van der Waals surface area contributed by atoms with Gasteiger partial charge in [-0.1, -0.05) is 52.5 Å². The molecule has 0 amide bonds. The van der Waals surface area contributed by atoms with Crippen molar-refractivity contribution < 1.29 is 18.9 Å². The Labute approximate surface area is 493 Å². The van der Waals surface area contributed by atoms with Crippen LogP contribution in [0.5, 0.6) is 0 Å².